The van der Waals surface area contributed by atoms with E-state index in [0.717, 1.165) is 0 Å². The third kappa shape index (κ3) is 3.73. The van der Waals surface area contributed by atoms with Crippen LogP contribution in [0.2, 0.25) is 0 Å². The van der Waals surface area contributed by atoms with Gasteiger partial charge in [-0.25, -0.2) is 0 Å². The van der Waals surface area contributed by atoms with E-state index in [2.05, 4.69) is 0 Å². The summed E-state index contributed by atoms with van der Waals surface area (Å²) in [5.41, 5.74) is 6.11. The largest absolute Gasteiger partial charge is 0.398 e. The molecule has 1 aromatic rings. The lowest BCUT2D eigenvalue weighted by atomic mass is 10.4. The molecule has 1 heterocycles. The molecule has 0 bridgehead atoms. The predicted octanol–water partition coefficient (Wildman–Crippen LogP) is -0.645. The molecule has 0 saturated carbocycles. The first-order chi connectivity index (χ1) is 7.13. The highest BCUT2D eigenvalue weighted by atomic mass is 16.3. The maximum atomic E-state index is 11.4. The van der Waals surface area contributed by atoms with Gasteiger partial charge in [0.15, 0.2) is 0 Å². The van der Waals surface area contributed by atoms with Crippen molar-refractivity contribution in [3.63, 3.8) is 0 Å². The van der Waals surface area contributed by atoms with Gasteiger partial charge in [0.05, 0.1) is 6.61 Å². The molecule has 1 rings (SSSR count). The predicted molar refractivity (Wildman–Crippen MR) is 59.7 cm³/mol. The fraction of sp³-hybridized carbons (Fsp3) is 0.500. The zero-order chi connectivity index (χ0) is 11.3. The summed E-state index contributed by atoms with van der Waals surface area (Å²) in [4.78, 5) is 13.3. The summed E-state index contributed by atoms with van der Waals surface area (Å²) in [7, 11) is 1.90. The van der Waals surface area contributed by atoms with E-state index in [1.807, 2.05) is 11.9 Å². The number of anilines is 1. The van der Waals surface area contributed by atoms with Gasteiger partial charge >= 0.3 is 0 Å². The minimum Gasteiger partial charge on any atom is -0.398 e. The van der Waals surface area contributed by atoms with E-state index in [9.17, 15) is 4.79 Å². The number of hydrogen-bond acceptors (Lipinski definition) is 4. The summed E-state index contributed by atoms with van der Waals surface area (Å²) in [6.07, 6.45) is 1.63. The second-order valence-corrected chi connectivity index (χ2v) is 3.52. The highest BCUT2D eigenvalue weighted by molar-refractivity contribution is 5.33. The average molecular weight is 211 g/mol. The molecule has 0 radical (unpaired) electrons. The third-order valence-electron chi connectivity index (χ3n) is 2.21. The van der Waals surface area contributed by atoms with Gasteiger partial charge in [-0.1, -0.05) is 0 Å². The van der Waals surface area contributed by atoms with Crippen LogP contribution in [0.25, 0.3) is 0 Å². The van der Waals surface area contributed by atoms with Gasteiger partial charge in [-0.3, -0.25) is 4.79 Å². The zero-order valence-electron chi connectivity index (χ0n) is 8.89. The van der Waals surface area contributed by atoms with Crippen LogP contribution in [0.5, 0.6) is 0 Å². The van der Waals surface area contributed by atoms with E-state index >= 15 is 0 Å². The number of aliphatic hydroxyl groups excluding tert-OH is 1. The Hall–Kier alpha value is -1.33. The molecule has 0 fully saturated rings. The van der Waals surface area contributed by atoms with E-state index in [1.54, 1.807) is 16.8 Å². The molecule has 0 aliphatic carbocycles. The van der Waals surface area contributed by atoms with Gasteiger partial charge in [0.1, 0.15) is 0 Å². The fourth-order valence-corrected chi connectivity index (χ4v) is 1.29. The topological polar surface area (TPSA) is 71.5 Å². The van der Waals surface area contributed by atoms with Crippen molar-refractivity contribution >= 4 is 5.69 Å². The van der Waals surface area contributed by atoms with Gasteiger partial charge in [0.25, 0.3) is 5.56 Å². The fourth-order valence-electron chi connectivity index (χ4n) is 1.29. The van der Waals surface area contributed by atoms with Crippen molar-refractivity contribution in [3.8, 4) is 0 Å². The van der Waals surface area contributed by atoms with E-state index in [1.165, 1.54) is 6.07 Å². The van der Waals surface area contributed by atoms with Crippen LogP contribution in [0.1, 0.15) is 0 Å². The first-order valence-electron chi connectivity index (χ1n) is 4.89. The third-order valence-corrected chi connectivity index (χ3v) is 2.21. The maximum Gasteiger partial charge on any atom is 0.250 e. The molecule has 0 spiro atoms. The molecule has 0 saturated heterocycles. The summed E-state index contributed by atoms with van der Waals surface area (Å²) < 4.78 is 1.57. The summed E-state index contributed by atoms with van der Waals surface area (Å²) >= 11 is 0. The molecule has 3 N–H and O–H groups in total. The van der Waals surface area contributed by atoms with Gasteiger partial charge in [-0.05, 0) is 13.1 Å². The SMILES string of the molecule is CN(CCO)CCn1cc(N)ccc1=O. The van der Waals surface area contributed by atoms with Crippen molar-refractivity contribution in [3.05, 3.63) is 28.7 Å². The molecule has 0 atom stereocenters. The second kappa shape index (κ2) is 5.53. The Morgan fingerprint density at radius 2 is 2.20 bits per heavy atom. The summed E-state index contributed by atoms with van der Waals surface area (Å²) in [6.45, 7) is 2.03. The Morgan fingerprint density at radius 3 is 2.87 bits per heavy atom. The molecule has 0 aliphatic heterocycles. The van der Waals surface area contributed by atoms with E-state index in [-0.39, 0.29) is 12.2 Å². The van der Waals surface area contributed by atoms with Crippen molar-refractivity contribution in [1.29, 1.82) is 0 Å². The number of hydrogen-bond donors (Lipinski definition) is 2. The number of nitrogen functional groups attached to an aromatic ring is 1. The van der Waals surface area contributed by atoms with Crippen molar-refractivity contribution in [2.45, 2.75) is 6.54 Å². The van der Waals surface area contributed by atoms with Gasteiger partial charge < -0.3 is 20.3 Å². The average Bonchev–Trinajstić information content (AvgIpc) is 2.20. The number of nitrogens with zero attached hydrogens (tertiary/aromatic N) is 2. The Morgan fingerprint density at radius 1 is 1.47 bits per heavy atom. The van der Waals surface area contributed by atoms with Crippen LogP contribution in [-0.4, -0.2) is 41.3 Å². The van der Waals surface area contributed by atoms with E-state index in [0.29, 0.717) is 25.3 Å². The van der Waals surface area contributed by atoms with Crippen LogP contribution in [0.4, 0.5) is 5.69 Å². The van der Waals surface area contributed by atoms with Crippen LogP contribution < -0.4 is 11.3 Å². The molecule has 84 valence electrons. The van der Waals surface area contributed by atoms with Crippen LogP contribution in [0.15, 0.2) is 23.1 Å². The quantitative estimate of drug-likeness (QED) is 0.679. The Bertz CT molecular complexity index is 362. The summed E-state index contributed by atoms with van der Waals surface area (Å²) in [6, 6.07) is 3.05. The van der Waals surface area contributed by atoms with Crippen molar-refractivity contribution in [1.82, 2.24) is 9.47 Å². The highest BCUT2D eigenvalue weighted by Crippen LogP contribution is 1.95. The lowest BCUT2D eigenvalue weighted by Gasteiger charge is -2.15. The summed E-state index contributed by atoms with van der Waals surface area (Å²) in [5.74, 6) is 0. The molecule has 5 heteroatoms. The molecular weight excluding hydrogens is 194 g/mol. The molecule has 1 aromatic heterocycles. The Balaban J connectivity index is 2.57. The molecule has 0 unspecified atom stereocenters. The first kappa shape index (κ1) is 11.7. The minimum absolute atomic E-state index is 0.0541. The smallest absolute Gasteiger partial charge is 0.250 e. The molecule has 0 amide bonds. The number of likely N-dealkylation sites (N-methyl/N-ethyl adjacent to an activating group) is 1. The monoisotopic (exact) mass is 211 g/mol. The van der Waals surface area contributed by atoms with Crippen LogP contribution in [0.3, 0.4) is 0 Å². The lowest BCUT2D eigenvalue weighted by molar-refractivity contribution is 0.217. The van der Waals surface area contributed by atoms with Gasteiger partial charge in [-0.2, -0.15) is 0 Å². The lowest BCUT2D eigenvalue weighted by Crippen LogP contribution is -2.29. The molecular formula is C10H17N3O2. The summed E-state index contributed by atoms with van der Waals surface area (Å²) in [5, 5.41) is 8.70. The second-order valence-electron chi connectivity index (χ2n) is 3.52. The number of aromatic nitrogens is 1. The van der Waals surface area contributed by atoms with Crippen LogP contribution in [0, 0.1) is 0 Å². The number of nitrogens with two attached hydrogens (primary N) is 1. The van der Waals surface area contributed by atoms with Gasteiger partial charge in [0.2, 0.25) is 0 Å². The molecule has 5 nitrogen and oxygen atoms in total. The van der Waals surface area contributed by atoms with E-state index < -0.39 is 0 Å². The standard InChI is InChI=1S/C10H17N3O2/c1-12(6-7-14)4-5-13-8-9(11)2-3-10(13)15/h2-3,8,14H,4-7,11H2,1H3. The van der Waals surface area contributed by atoms with Crippen LogP contribution >= 0.6 is 0 Å². The van der Waals surface area contributed by atoms with E-state index in [4.69, 9.17) is 10.8 Å². The maximum absolute atomic E-state index is 11.4. The zero-order valence-corrected chi connectivity index (χ0v) is 8.89. The number of aliphatic hydroxyl groups is 1. The number of rotatable bonds is 5. The van der Waals surface area contributed by atoms with Crippen LogP contribution in [-0.2, 0) is 6.54 Å². The number of pyridine rings is 1. The van der Waals surface area contributed by atoms with Crippen molar-refractivity contribution in [2.75, 3.05) is 32.5 Å². The van der Waals surface area contributed by atoms with Gasteiger partial charge in [0, 0.05) is 37.6 Å². The first-order valence-corrected chi connectivity index (χ1v) is 4.89. The Kier molecular flexibility index (Phi) is 4.33. The van der Waals surface area contributed by atoms with Gasteiger partial charge in [-0.15, -0.1) is 0 Å². The molecule has 0 aromatic carbocycles. The Labute approximate surface area is 88.7 Å². The van der Waals surface area contributed by atoms with Crippen molar-refractivity contribution in [2.24, 2.45) is 0 Å². The minimum atomic E-state index is -0.0541. The molecule has 0 aliphatic rings. The molecule has 15 heavy (non-hydrogen) atoms. The highest BCUT2D eigenvalue weighted by Gasteiger charge is 1.99. The van der Waals surface area contributed by atoms with Crippen molar-refractivity contribution < 1.29 is 5.11 Å². The normalized spacial score (nSPS) is 10.9.